The maximum atomic E-state index is 12.8. The average Bonchev–Trinajstić information content (AvgIpc) is 2.97. The summed E-state index contributed by atoms with van der Waals surface area (Å²) in [6.07, 6.45) is 8.66. The molecule has 0 spiro atoms. The summed E-state index contributed by atoms with van der Waals surface area (Å²) in [5.74, 6) is 1.15. The molecule has 1 amide bonds. The Kier molecular flexibility index (Phi) is 6.86. The summed E-state index contributed by atoms with van der Waals surface area (Å²) in [6.45, 7) is 4.91. The van der Waals surface area contributed by atoms with Crippen molar-refractivity contribution >= 4 is 11.7 Å². The Morgan fingerprint density at radius 2 is 1.96 bits per heavy atom. The van der Waals surface area contributed by atoms with E-state index in [-0.39, 0.29) is 5.91 Å². The molecule has 6 nitrogen and oxygen atoms in total. The second-order valence-electron chi connectivity index (χ2n) is 7.57. The first-order valence-electron chi connectivity index (χ1n) is 9.91. The van der Waals surface area contributed by atoms with Gasteiger partial charge in [-0.2, -0.15) is 0 Å². The van der Waals surface area contributed by atoms with Crippen molar-refractivity contribution in [2.45, 2.75) is 45.1 Å². The van der Waals surface area contributed by atoms with Crippen LogP contribution in [-0.2, 0) is 16.1 Å². The molecule has 144 valence electrons. The van der Waals surface area contributed by atoms with Crippen LogP contribution in [0.2, 0.25) is 0 Å². The fraction of sp³-hybridized carbons (Fsp3) is 0.700. The lowest BCUT2D eigenvalue weighted by atomic mass is 9.78. The van der Waals surface area contributed by atoms with Gasteiger partial charge in [0.1, 0.15) is 5.82 Å². The summed E-state index contributed by atoms with van der Waals surface area (Å²) in [5, 5.41) is 6.42. The number of hydrogen-bond donors (Lipinski definition) is 2. The molecule has 0 saturated carbocycles. The van der Waals surface area contributed by atoms with E-state index in [1.807, 2.05) is 6.20 Å². The molecule has 3 heterocycles. The van der Waals surface area contributed by atoms with Gasteiger partial charge in [0.25, 0.3) is 0 Å². The van der Waals surface area contributed by atoms with Gasteiger partial charge in [0.2, 0.25) is 5.91 Å². The van der Waals surface area contributed by atoms with Crippen molar-refractivity contribution in [3.05, 3.63) is 23.9 Å². The van der Waals surface area contributed by atoms with Crippen molar-refractivity contribution in [1.29, 1.82) is 0 Å². The molecule has 3 rings (SSSR count). The Bertz CT molecular complexity index is 556. The summed E-state index contributed by atoms with van der Waals surface area (Å²) < 4.78 is 5.34. The van der Waals surface area contributed by atoms with Crippen LogP contribution in [0.4, 0.5) is 5.82 Å². The number of hydrogen-bond acceptors (Lipinski definition) is 5. The number of ether oxygens (including phenoxy) is 1. The molecule has 2 aliphatic heterocycles. The molecule has 0 aromatic carbocycles. The fourth-order valence-electron chi connectivity index (χ4n) is 4.00. The van der Waals surface area contributed by atoms with Gasteiger partial charge in [-0.15, -0.1) is 0 Å². The number of piperidine rings is 1. The molecule has 2 N–H and O–H groups in total. The SMILES string of the molecule is COCC1(C(=O)NCc2ccc(N3CCCCCC3)nc2)CCNCC1. The number of nitrogens with one attached hydrogen (secondary N) is 2. The molecule has 2 fully saturated rings. The van der Waals surface area contributed by atoms with Gasteiger partial charge in [-0.3, -0.25) is 4.79 Å². The number of rotatable bonds is 6. The van der Waals surface area contributed by atoms with E-state index in [1.54, 1.807) is 7.11 Å². The van der Waals surface area contributed by atoms with E-state index in [1.165, 1.54) is 25.7 Å². The van der Waals surface area contributed by atoms with Crippen LogP contribution in [0.5, 0.6) is 0 Å². The molecule has 0 unspecified atom stereocenters. The van der Waals surface area contributed by atoms with Crippen LogP contribution in [0.3, 0.4) is 0 Å². The Morgan fingerprint density at radius 1 is 1.23 bits per heavy atom. The zero-order valence-corrected chi connectivity index (χ0v) is 15.9. The van der Waals surface area contributed by atoms with Gasteiger partial charge in [-0.25, -0.2) is 4.98 Å². The lowest BCUT2D eigenvalue weighted by molar-refractivity contribution is -0.136. The molecule has 0 bridgehead atoms. The van der Waals surface area contributed by atoms with E-state index in [0.717, 1.165) is 50.4 Å². The molecule has 1 aromatic heterocycles. The molecule has 6 heteroatoms. The van der Waals surface area contributed by atoms with Crippen molar-refractivity contribution in [2.75, 3.05) is 44.8 Å². The summed E-state index contributed by atoms with van der Waals surface area (Å²) in [7, 11) is 1.67. The maximum absolute atomic E-state index is 12.8. The summed E-state index contributed by atoms with van der Waals surface area (Å²) in [4.78, 5) is 19.8. The number of amides is 1. The predicted molar refractivity (Wildman–Crippen MR) is 103 cm³/mol. The van der Waals surface area contributed by atoms with Gasteiger partial charge in [-0.1, -0.05) is 18.9 Å². The Balaban J connectivity index is 1.56. The second kappa shape index (κ2) is 9.33. The monoisotopic (exact) mass is 360 g/mol. The minimum atomic E-state index is -0.403. The van der Waals surface area contributed by atoms with Gasteiger partial charge in [-0.05, 0) is 50.4 Å². The molecule has 1 aromatic rings. The molecular weight excluding hydrogens is 328 g/mol. The van der Waals surface area contributed by atoms with E-state index in [9.17, 15) is 4.79 Å². The standard InChI is InChI=1S/C20H32N4O2/c1-26-16-20(8-10-21-11-9-20)19(25)23-15-17-6-7-18(22-14-17)24-12-4-2-3-5-13-24/h6-7,14,21H,2-5,8-13,15-16H2,1H3,(H,23,25). The third kappa shape index (κ3) is 4.74. The molecule has 0 aliphatic carbocycles. The minimum Gasteiger partial charge on any atom is -0.384 e. The molecule has 0 atom stereocenters. The summed E-state index contributed by atoms with van der Waals surface area (Å²) in [5.41, 5.74) is 0.637. The number of carbonyl (C=O) groups excluding carboxylic acids is 1. The van der Waals surface area contributed by atoms with Crippen molar-refractivity contribution in [1.82, 2.24) is 15.6 Å². The third-order valence-electron chi connectivity index (χ3n) is 5.66. The first-order valence-corrected chi connectivity index (χ1v) is 9.91. The summed E-state index contributed by atoms with van der Waals surface area (Å²) in [6, 6.07) is 4.17. The van der Waals surface area contributed by atoms with Crippen molar-refractivity contribution in [3.63, 3.8) is 0 Å². The highest BCUT2D eigenvalue weighted by molar-refractivity contribution is 5.83. The van der Waals surface area contributed by atoms with Crippen LogP contribution < -0.4 is 15.5 Å². The normalized spacial score (nSPS) is 20.4. The zero-order valence-electron chi connectivity index (χ0n) is 15.9. The van der Waals surface area contributed by atoms with Crippen LogP contribution in [-0.4, -0.2) is 50.8 Å². The summed E-state index contributed by atoms with van der Waals surface area (Å²) >= 11 is 0. The molecule has 2 saturated heterocycles. The molecule has 0 radical (unpaired) electrons. The smallest absolute Gasteiger partial charge is 0.228 e. The highest BCUT2D eigenvalue weighted by Gasteiger charge is 2.39. The predicted octanol–water partition coefficient (Wildman–Crippen LogP) is 2.09. The minimum absolute atomic E-state index is 0.0949. The number of pyridine rings is 1. The van der Waals surface area contributed by atoms with E-state index in [2.05, 4.69) is 32.7 Å². The van der Waals surface area contributed by atoms with Gasteiger partial charge in [0.15, 0.2) is 0 Å². The topological polar surface area (TPSA) is 66.5 Å². The largest absolute Gasteiger partial charge is 0.384 e. The van der Waals surface area contributed by atoms with E-state index < -0.39 is 5.41 Å². The van der Waals surface area contributed by atoms with Gasteiger partial charge in [0.05, 0.1) is 12.0 Å². The lowest BCUT2D eigenvalue weighted by Crippen LogP contribution is -2.49. The Hall–Kier alpha value is -1.66. The van der Waals surface area contributed by atoms with Crippen LogP contribution >= 0.6 is 0 Å². The first-order chi connectivity index (χ1) is 12.7. The Morgan fingerprint density at radius 3 is 2.58 bits per heavy atom. The highest BCUT2D eigenvalue weighted by atomic mass is 16.5. The average molecular weight is 361 g/mol. The van der Waals surface area contributed by atoms with E-state index >= 15 is 0 Å². The van der Waals surface area contributed by atoms with Crippen LogP contribution in [0.15, 0.2) is 18.3 Å². The zero-order chi connectivity index (χ0) is 18.2. The van der Waals surface area contributed by atoms with Crippen LogP contribution in [0.1, 0.15) is 44.1 Å². The van der Waals surface area contributed by atoms with E-state index in [0.29, 0.717) is 13.2 Å². The molecule has 26 heavy (non-hydrogen) atoms. The number of aromatic nitrogens is 1. The number of nitrogens with zero attached hydrogens (tertiary/aromatic N) is 2. The van der Waals surface area contributed by atoms with Crippen LogP contribution in [0.25, 0.3) is 0 Å². The van der Waals surface area contributed by atoms with Gasteiger partial charge < -0.3 is 20.3 Å². The second-order valence-corrected chi connectivity index (χ2v) is 7.57. The van der Waals surface area contributed by atoms with Gasteiger partial charge >= 0.3 is 0 Å². The maximum Gasteiger partial charge on any atom is 0.228 e. The van der Waals surface area contributed by atoms with E-state index in [4.69, 9.17) is 4.74 Å². The van der Waals surface area contributed by atoms with Crippen molar-refractivity contribution in [2.24, 2.45) is 5.41 Å². The van der Waals surface area contributed by atoms with Crippen molar-refractivity contribution < 1.29 is 9.53 Å². The Labute approximate surface area is 156 Å². The number of methoxy groups -OCH3 is 1. The molecule has 2 aliphatic rings. The molecular formula is C20H32N4O2. The quantitative estimate of drug-likeness (QED) is 0.813. The van der Waals surface area contributed by atoms with Crippen LogP contribution in [0, 0.1) is 5.41 Å². The van der Waals surface area contributed by atoms with Gasteiger partial charge in [0, 0.05) is 32.9 Å². The third-order valence-corrected chi connectivity index (χ3v) is 5.66. The highest BCUT2D eigenvalue weighted by Crippen LogP contribution is 2.29. The first kappa shape index (κ1) is 19.1. The van der Waals surface area contributed by atoms with Crippen molar-refractivity contribution in [3.8, 4) is 0 Å². The number of carbonyl (C=O) groups is 1. The fourth-order valence-corrected chi connectivity index (χ4v) is 4.00. The number of anilines is 1. The lowest BCUT2D eigenvalue weighted by Gasteiger charge is -2.35.